The van der Waals surface area contributed by atoms with Crippen LogP contribution >= 0.6 is 0 Å². The number of benzene rings is 2. The van der Waals surface area contributed by atoms with Crippen LogP contribution in [0.1, 0.15) is 28.8 Å². The van der Waals surface area contributed by atoms with E-state index in [1.54, 1.807) is 4.90 Å². The molecule has 2 aromatic carbocycles. The minimum atomic E-state index is -0.595. The maximum absolute atomic E-state index is 12.9. The largest absolute Gasteiger partial charge is 0.361 e. The standard InChI is InChI=1S/C21H17N3O3/c25-19-7-6-18(20(26)23-19)24-11-16-14(2-1-3-15(16)21(24)27)12-4-5-17-13(10-12)8-9-22-17/h1-5,8-10,18,22H,6-7,11H2,(H,23,25,26). The van der Waals surface area contributed by atoms with Gasteiger partial charge in [0.2, 0.25) is 11.8 Å². The maximum atomic E-state index is 12.9. The molecule has 1 unspecified atom stereocenters. The molecule has 6 heteroatoms. The molecule has 0 radical (unpaired) electrons. The van der Waals surface area contributed by atoms with E-state index in [-0.39, 0.29) is 24.1 Å². The van der Waals surface area contributed by atoms with E-state index >= 15 is 0 Å². The van der Waals surface area contributed by atoms with Gasteiger partial charge in [0.15, 0.2) is 0 Å². The predicted molar refractivity (Wildman–Crippen MR) is 99.8 cm³/mol. The highest BCUT2D eigenvalue weighted by atomic mass is 16.2. The Morgan fingerprint density at radius 3 is 2.70 bits per heavy atom. The van der Waals surface area contributed by atoms with Gasteiger partial charge in [-0.2, -0.15) is 0 Å². The third kappa shape index (κ3) is 2.44. The Kier molecular flexibility index (Phi) is 3.40. The SMILES string of the molecule is O=C1CCC(N2Cc3c(cccc3-c3ccc4[nH]ccc4c3)C2=O)C(=O)N1. The van der Waals surface area contributed by atoms with E-state index in [0.717, 1.165) is 27.6 Å². The Balaban J connectivity index is 1.54. The van der Waals surface area contributed by atoms with E-state index in [1.165, 1.54) is 0 Å². The number of imide groups is 1. The second kappa shape index (κ2) is 5.81. The Hall–Kier alpha value is -3.41. The van der Waals surface area contributed by atoms with Crippen LogP contribution in [-0.4, -0.2) is 33.6 Å². The molecule has 1 aromatic heterocycles. The summed E-state index contributed by atoms with van der Waals surface area (Å²) in [4.78, 5) is 41.4. The van der Waals surface area contributed by atoms with Gasteiger partial charge in [-0.15, -0.1) is 0 Å². The van der Waals surface area contributed by atoms with Gasteiger partial charge in [-0.05, 0) is 52.8 Å². The number of aromatic nitrogens is 1. The van der Waals surface area contributed by atoms with Crippen LogP contribution in [0.5, 0.6) is 0 Å². The van der Waals surface area contributed by atoms with Crippen molar-refractivity contribution in [1.29, 1.82) is 0 Å². The van der Waals surface area contributed by atoms with Gasteiger partial charge < -0.3 is 9.88 Å². The molecule has 5 rings (SSSR count). The van der Waals surface area contributed by atoms with Gasteiger partial charge in [0, 0.05) is 30.2 Å². The Labute approximate surface area is 155 Å². The van der Waals surface area contributed by atoms with Crippen molar-refractivity contribution in [2.75, 3.05) is 0 Å². The van der Waals surface area contributed by atoms with Crippen LogP contribution in [0.3, 0.4) is 0 Å². The minimum absolute atomic E-state index is 0.149. The number of rotatable bonds is 2. The monoisotopic (exact) mass is 359 g/mol. The fraction of sp³-hybridized carbons (Fsp3) is 0.190. The third-order valence-electron chi connectivity index (χ3n) is 5.45. The van der Waals surface area contributed by atoms with Crippen molar-refractivity contribution in [2.45, 2.75) is 25.4 Å². The number of hydrogen-bond donors (Lipinski definition) is 2. The molecule has 134 valence electrons. The topological polar surface area (TPSA) is 82.3 Å². The Morgan fingerprint density at radius 1 is 1.00 bits per heavy atom. The van der Waals surface area contributed by atoms with E-state index in [9.17, 15) is 14.4 Å². The number of fused-ring (bicyclic) bond motifs is 2. The Morgan fingerprint density at radius 2 is 1.85 bits per heavy atom. The summed E-state index contributed by atoms with van der Waals surface area (Å²) < 4.78 is 0. The number of nitrogens with one attached hydrogen (secondary N) is 2. The summed E-state index contributed by atoms with van der Waals surface area (Å²) in [5, 5.41) is 3.45. The summed E-state index contributed by atoms with van der Waals surface area (Å²) in [6, 6.07) is 13.3. The first-order valence-corrected chi connectivity index (χ1v) is 8.96. The average molecular weight is 359 g/mol. The van der Waals surface area contributed by atoms with Crippen LogP contribution in [0.2, 0.25) is 0 Å². The molecule has 1 atom stereocenters. The van der Waals surface area contributed by atoms with Crippen molar-refractivity contribution in [1.82, 2.24) is 15.2 Å². The summed E-state index contributed by atoms with van der Waals surface area (Å²) in [5.74, 6) is -0.812. The molecule has 1 saturated heterocycles. The van der Waals surface area contributed by atoms with Crippen molar-refractivity contribution in [3.05, 3.63) is 59.8 Å². The lowest BCUT2D eigenvalue weighted by Gasteiger charge is -2.29. The number of hydrogen-bond acceptors (Lipinski definition) is 3. The molecule has 6 nitrogen and oxygen atoms in total. The molecular weight excluding hydrogens is 342 g/mol. The number of amides is 3. The molecule has 0 bridgehead atoms. The first-order chi connectivity index (χ1) is 13.1. The van der Waals surface area contributed by atoms with Crippen molar-refractivity contribution in [2.24, 2.45) is 0 Å². The lowest BCUT2D eigenvalue weighted by Crippen LogP contribution is -2.52. The van der Waals surface area contributed by atoms with E-state index in [1.807, 2.05) is 42.6 Å². The molecule has 2 aliphatic rings. The van der Waals surface area contributed by atoms with Crippen molar-refractivity contribution in [3.63, 3.8) is 0 Å². The highest BCUT2D eigenvalue weighted by Crippen LogP contribution is 2.35. The van der Waals surface area contributed by atoms with Gasteiger partial charge in [-0.1, -0.05) is 18.2 Å². The quantitative estimate of drug-likeness (QED) is 0.690. The van der Waals surface area contributed by atoms with Gasteiger partial charge in [0.1, 0.15) is 6.04 Å². The number of aromatic amines is 1. The molecule has 0 spiro atoms. The van der Waals surface area contributed by atoms with Gasteiger partial charge in [-0.3, -0.25) is 19.7 Å². The summed E-state index contributed by atoms with van der Waals surface area (Å²) in [6.07, 6.45) is 2.53. The van der Waals surface area contributed by atoms with Crippen LogP contribution < -0.4 is 5.32 Å². The van der Waals surface area contributed by atoms with Crippen LogP contribution in [0, 0.1) is 0 Å². The first kappa shape index (κ1) is 15.8. The van der Waals surface area contributed by atoms with E-state index < -0.39 is 6.04 Å². The number of carbonyl (C=O) groups is 3. The molecule has 0 saturated carbocycles. The van der Waals surface area contributed by atoms with Crippen LogP contribution in [-0.2, 0) is 16.1 Å². The van der Waals surface area contributed by atoms with Crippen molar-refractivity contribution < 1.29 is 14.4 Å². The third-order valence-corrected chi connectivity index (χ3v) is 5.45. The van der Waals surface area contributed by atoms with Crippen molar-refractivity contribution >= 4 is 28.6 Å². The first-order valence-electron chi connectivity index (χ1n) is 8.96. The highest BCUT2D eigenvalue weighted by molar-refractivity contribution is 6.06. The molecule has 3 heterocycles. The number of nitrogens with zero attached hydrogens (tertiary/aromatic N) is 1. The second-order valence-electron chi connectivity index (χ2n) is 7.01. The van der Waals surface area contributed by atoms with Crippen LogP contribution in [0.4, 0.5) is 0 Å². The normalized spacial score (nSPS) is 19.5. The molecular formula is C21H17N3O3. The van der Waals surface area contributed by atoms with E-state index in [2.05, 4.69) is 16.4 Å². The summed E-state index contributed by atoms with van der Waals surface area (Å²) >= 11 is 0. The van der Waals surface area contributed by atoms with Crippen LogP contribution in [0.15, 0.2) is 48.7 Å². The minimum Gasteiger partial charge on any atom is -0.361 e. The van der Waals surface area contributed by atoms with E-state index in [0.29, 0.717) is 18.5 Å². The highest BCUT2D eigenvalue weighted by Gasteiger charge is 2.39. The molecule has 1 fully saturated rings. The Bertz CT molecular complexity index is 1110. The van der Waals surface area contributed by atoms with Crippen LogP contribution in [0.25, 0.3) is 22.0 Å². The molecule has 3 amide bonds. The van der Waals surface area contributed by atoms with Crippen molar-refractivity contribution in [3.8, 4) is 11.1 Å². The summed E-state index contributed by atoms with van der Waals surface area (Å²) in [7, 11) is 0. The number of piperidine rings is 1. The summed E-state index contributed by atoms with van der Waals surface area (Å²) in [5.41, 5.74) is 4.66. The van der Waals surface area contributed by atoms with Gasteiger partial charge in [-0.25, -0.2) is 0 Å². The van der Waals surface area contributed by atoms with Gasteiger partial charge in [0.05, 0.1) is 0 Å². The number of H-pyrrole nitrogens is 1. The van der Waals surface area contributed by atoms with E-state index in [4.69, 9.17) is 0 Å². The molecule has 27 heavy (non-hydrogen) atoms. The molecule has 0 aliphatic carbocycles. The maximum Gasteiger partial charge on any atom is 0.255 e. The second-order valence-corrected chi connectivity index (χ2v) is 7.01. The molecule has 2 aliphatic heterocycles. The number of carbonyl (C=O) groups excluding carboxylic acids is 3. The average Bonchev–Trinajstić information content (AvgIpc) is 3.26. The summed E-state index contributed by atoms with van der Waals surface area (Å²) in [6.45, 7) is 0.377. The lowest BCUT2D eigenvalue weighted by molar-refractivity contribution is -0.136. The predicted octanol–water partition coefficient (Wildman–Crippen LogP) is 2.60. The zero-order chi connectivity index (χ0) is 18.5. The zero-order valence-electron chi connectivity index (χ0n) is 14.5. The molecule has 2 N–H and O–H groups in total. The smallest absolute Gasteiger partial charge is 0.255 e. The van der Waals surface area contributed by atoms with Gasteiger partial charge in [0.25, 0.3) is 5.91 Å². The fourth-order valence-corrected chi connectivity index (χ4v) is 4.08. The van der Waals surface area contributed by atoms with Gasteiger partial charge >= 0.3 is 0 Å². The molecule has 3 aromatic rings. The zero-order valence-corrected chi connectivity index (χ0v) is 14.5. The lowest BCUT2D eigenvalue weighted by atomic mass is 9.96. The fourth-order valence-electron chi connectivity index (χ4n) is 4.08.